The van der Waals surface area contributed by atoms with E-state index in [4.69, 9.17) is 5.26 Å². The molecule has 0 saturated heterocycles. The molecule has 8 heteroatoms. The average Bonchev–Trinajstić information content (AvgIpc) is 3.22. The summed E-state index contributed by atoms with van der Waals surface area (Å²) in [7, 11) is 0. The van der Waals surface area contributed by atoms with Gasteiger partial charge in [-0.2, -0.15) is 5.26 Å². The number of carbonyl (C=O) groups is 1. The molecule has 0 aliphatic rings. The van der Waals surface area contributed by atoms with Gasteiger partial charge in [0.05, 0.1) is 16.9 Å². The third-order valence-corrected chi connectivity index (χ3v) is 6.28. The first-order valence-electron chi connectivity index (χ1n) is 10.8. The fourth-order valence-corrected chi connectivity index (χ4v) is 4.32. The number of hydrogen-bond acceptors (Lipinski definition) is 6. The third-order valence-electron chi connectivity index (χ3n) is 5.20. The van der Waals surface area contributed by atoms with E-state index in [9.17, 15) is 4.79 Å². The molecule has 0 spiro atoms. The Bertz CT molecular complexity index is 1100. The van der Waals surface area contributed by atoms with E-state index in [-0.39, 0.29) is 11.2 Å². The Morgan fingerprint density at radius 1 is 1.16 bits per heavy atom. The Labute approximate surface area is 193 Å². The molecule has 32 heavy (non-hydrogen) atoms. The van der Waals surface area contributed by atoms with E-state index in [1.165, 1.54) is 17.4 Å². The SMILES string of the molecule is CCN(CC)c1ccc(-c2nnc(SC(C)C(=O)Nc3cccc(C#N)c3)n2CC)cc1. The van der Waals surface area contributed by atoms with Crippen molar-refractivity contribution in [3.8, 4) is 17.5 Å². The molecule has 0 aliphatic heterocycles. The van der Waals surface area contributed by atoms with Crippen LogP contribution in [0.3, 0.4) is 0 Å². The minimum absolute atomic E-state index is 0.152. The van der Waals surface area contributed by atoms with Gasteiger partial charge in [-0.15, -0.1) is 10.2 Å². The molecule has 0 bridgehead atoms. The number of thioether (sulfide) groups is 1. The van der Waals surface area contributed by atoms with Crippen molar-refractivity contribution in [2.75, 3.05) is 23.3 Å². The van der Waals surface area contributed by atoms with Crippen molar-refractivity contribution >= 4 is 29.0 Å². The average molecular weight is 449 g/mol. The van der Waals surface area contributed by atoms with Gasteiger partial charge in [0.15, 0.2) is 11.0 Å². The normalized spacial score (nSPS) is 11.6. The van der Waals surface area contributed by atoms with Gasteiger partial charge in [-0.1, -0.05) is 17.8 Å². The van der Waals surface area contributed by atoms with Crippen molar-refractivity contribution in [1.82, 2.24) is 14.8 Å². The predicted molar refractivity (Wildman–Crippen MR) is 130 cm³/mol. The fraction of sp³-hybridized carbons (Fsp3) is 0.333. The summed E-state index contributed by atoms with van der Waals surface area (Å²) in [6.07, 6.45) is 0. The summed E-state index contributed by atoms with van der Waals surface area (Å²) in [6, 6.07) is 17.3. The molecule has 3 rings (SSSR count). The number of nitrogens with one attached hydrogen (secondary N) is 1. The maximum Gasteiger partial charge on any atom is 0.237 e. The second-order valence-corrected chi connectivity index (χ2v) is 8.52. The van der Waals surface area contributed by atoms with Crippen molar-refractivity contribution in [1.29, 1.82) is 5.26 Å². The highest BCUT2D eigenvalue weighted by molar-refractivity contribution is 8.00. The lowest BCUT2D eigenvalue weighted by atomic mass is 10.2. The monoisotopic (exact) mass is 448 g/mol. The van der Waals surface area contributed by atoms with Crippen LogP contribution in [0.15, 0.2) is 53.7 Å². The molecule has 166 valence electrons. The van der Waals surface area contributed by atoms with Crippen LogP contribution in [-0.2, 0) is 11.3 Å². The molecule has 2 aromatic carbocycles. The van der Waals surface area contributed by atoms with Crippen LogP contribution in [-0.4, -0.2) is 39.0 Å². The Morgan fingerprint density at radius 2 is 1.88 bits per heavy atom. The lowest BCUT2D eigenvalue weighted by molar-refractivity contribution is -0.115. The van der Waals surface area contributed by atoms with Crippen LogP contribution in [0.1, 0.15) is 33.3 Å². The molecule has 0 aliphatic carbocycles. The number of anilines is 2. The van der Waals surface area contributed by atoms with Gasteiger partial charge < -0.3 is 14.8 Å². The molecule has 1 heterocycles. The molecule has 0 saturated carbocycles. The number of hydrogen-bond donors (Lipinski definition) is 1. The van der Waals surface area contributed by atoms with Gasteiger partial charge in [0.1, 0.15) is 0 Å². The summed E-state index contributed by atoms with van der Waals surface area (Å²) in [5, 5.41) is 21.0. The zero-order valence-corrected chi connectivity index (χ0v) is 19.7. The van der Waals surface area contributed by atoms with Gasteiger partial charge in [-0.05, 0) is 70.2 Å². The van der Waals surface area contributed by atoms with Crippen molar-refractivity contribution in [2.45, 2.75) is 44.6 Å². The van der Waals surface area contributed by atoms with E-state index < -0.39 is 0 Å². The standard InChI is InChI=1S/C24H28N6OS/c1-5-29(6-2)21-13-11-19(12-14-21)22-27-28-24(30(22)7-3)32-17(4)23(31)26-20-10-8-9-18(15-20)16-25/h8-15,17H,5-7H2,1-4H3,(H,26,31). The Morgan fingerprint density at radius 3 is 2.50 bits per heavy atom. The number of rotatable bonds is 9. The van der Waals surface area contributed by atoms with Crippen molar-refractivity contribution in [2.24, 2.45) is 0 Å². The van der Waals surface area contributed by atoms with Gasteiger partial charge in [-0.3, -0.25) is 4.79 Å². The number of carbonyl (C=O) groups excluding carboxylic acids is 1. The molecular weight excluding hydrogens is 420 g/mol. The van der Waals surface area contributed by atoms with Gasteiger partial charge in [-0.25, -0.2) is 0 Å². The highest BCUT2D eigenvalue weighted by Gasteiger charge is 2.20. The van der Waals surface area contributed by atoms with E-state index in [1.54, 1.807) is 24.3 Å². The molecule has 0 radical (unpaired) electrons. The number of nitrogens with zero attached hydrogens (tertiary/aromatic N) is 5. The third kappa shape index (κ3) is 5.29. The van der Waals surface area contributed by atoms with Crippen LogP contribution in [0.4, 0.5) is 11.4 Å². The quantitative estimate of drug-likeness (QED) is 0.473. The Balaban J connectivity index is 1.74. The van der Waals surface area contributed by atoms with E-state index >= 15 is 0 Å². The zero-order valence-electron chi connectivity index (χ0n) is 18.9. The van der Waals surface area contributed by atoms with E-state index in [0.717, 1.165) is 24.5 Å². The summed E-state index contributed by atoms with van der Waals surface area (Å²) in [5.41, 5.74) is 3.28. The second kappa shape index (κ2) is 10.8. The van der Waals surface area contributed by atoms with Gasteiger partial charge in [0.2, 0.25) is 5.91 Å². The van der Waals surface area contributed by atoms with Crippen LogP contribution in [0.2, 0.25) is 0 Å². The van der Waals surface area contributed by atoms with E-state index in [1.807, 2.05) is 18.4 Å². The first-order chi connectivity index (χ1) is 15.5. The smallest absolute Gasteiger partial charge is 0.237 e. The number of benzene rings is 2. The lowest BCUT2D eigenvalue weighted by Gasteiger charge is -2.21. The molecule has 0 fully saturated rings. The van der Waals surface area contributed by atoms with Crippen molar-refractivity contribution in [3.63, 3.8) is 0 Å². The summed E-state index contributed by atoms with van der Waals surface area (Å²) in [5.74, 6) is 0.635. The molecule has 3 aromatic rings. The molecule has 1 aromatic heterocycles. The Kier molecular flexibility index (Phi) is 7.90. The van der Waals surface area contributed by atoms with Crippen LogP contribution in [0.25, 0.3) is 11.4 Å². The van der Waals surface area contributed by atoms with Gasteiger partial charge >= 0.3 is 0 Å². The largest absolute Gasteiger partial charge is 0.372 e. The van der Waals surface area contributed by atoms with Crippen LogP contribution in [0, 0.1) is 11.3 Å². The minimum Gasteiger partial charge on any atom is -0.372 e. The second-order valence-electron chi connectivity index (χ2n) is 7.21. The topological polar surface area (TPSA) is 86.8 Å². The van der Waals surface area contributed by atoms with Gasteiger partial charge in [0, 0.05) is 36.6 Å². The van der Waals surface area contributed by atoms with Crippen molar-refractivity contribution < 1.29 is 4.79 Å². The summed E-state index contributed by atoms with van der Waals surface area (Å²) < 4.78 is 2.02. The number of amides is 1. The van der Waals surface area contributed by atoms with Crippen LogP contribution < -0.4 is 10.2 Å². The number of nitriles is 1. The molecule has 1 atom stereocenters. The lowest BCUT2D eigenvalue weighted by Crippen LogP contribution is -2.23. The summed E-state index contributed by atoms with van der Waals surface area (Å²) in [4.78, 5) is 15.0. The first kappa shape index (κ1) is 23.4. The fourth-order valence-electron chi connectivity index (χ4n) is 3.41. The maximum absolute atomic E-state index is 12.7. The van der Waals surface area contributed by atoms with Crippen LogP contribution in [0.5, 0.6) is 0 Å². The summed E-state index contributed by atoms with van der Waals surface area (Å²) in [6.45, 7) is 10.8. The van der Waals surface area contributed by atoms with E-state index in [2.05, 4.69) is 64.6 Å². The van der Waals surface area contributed by atoms with E-state index in [0.29, 0.717) is 23.0 Å². The van der Waals surface area contributed by atoms with Crippen molar-refractivity contribution in [3.05, 3.63) is 54.1 Å². The first-order valence-corrected chi connectivity index (χ1v) is 11.6. The molecule has 1 unspecified atom stereocenters. The minimum atomic E-state index is -0.381. The maximum atomic E-state index is 12.7. The predicted octanol–water partition coefficient (Wildman–Crippen LogP) is 4.80. The highest BCUT2D eigenvalue weighted by Crippen LogP contribution is 2.28. The molecular formula is C24H28N6OS. The zero-order chi connectivity index (χ0) is 23.1. The molecule has 1 amide bonds. The molecule has 7 nitrogen and oxygen atoms in total. The summed E-state index contributed by atoms with van der Waals surface area (Å²) >= 11 is 1.37. The number of aromatic nitrogens is 3. The Hall–Kier alpha value is -3.31. The van der Waals surface area contributed by atoms with Crippen LogP contribution >= 0.6 is 11.8 Å². The van der Waals surface area contributed by atoms with Gasteiger partial charge in [0.25, 0.3) is 0 Å². The molecule has 1 N–H and O–H groups in total. The highest BCUT2D eigenvalue weighted by atomic mass is 32.2.